The molecule has 2 aliphatic heterocycles. The molecule has 2 atom stereocenters. The highest BCUT2D eigenvalue weighted by atomic mass is 19.3. The van der Waals surface area contributed by atoms with Crippen molar-refractivity contribution in [1.82, 2.24) is 14.5 Å². The molecular weight excluding hydrogens is 402 g/mol. The number of rotatable bonds is 5. The van der Waals surface area contributed by atoms with E-state index in [0.717, 1.165) is 4.90 Å². The van der Waals surface area contributed by atoms with E-state index in [0.29, 0.717) is 29.5 Å². The molecule has 3 N–H and O–H groups in total. The van der Waals surface area contributed by atoms with Gasteiger partial charge in [0.25, 0.3) is 12.3 Å². The van der Waals surface area contributed by atoms with Crippen LogP contribution in [-0.2, 0) is 20.9 Å². The number of alkyl halides is 2. The summed E-state index contributed by atoms with van der Waals surface area (Å²) >= 11 is 0. The van der Waals surface area contributed by atoms with Crippen LogP contribution in [-0.4, -0.2) is 58.1 Å². The Labute approximate surface area is 169 Å². The lowest BCUT2D eigenvalue weighted by molar-refractivity contribution is -0.118. The van der Waals surface area contributed by atoms with Crippen molar-refractivity contribution in [2.45, 2.75) is 32.0 Å². The Bertz CT molecular complexity index is 1040. The van der Waals surface area contributed by atoms with Crippen molar-refractivity contribution in [3.8, 4) is 17.3 Å². The van der Waals surface area contributed by atoms with E-state index in [-0.39, 0.29) is 24.9 Å². The zero-order chi connectivity index (χ0) is 21.4. The standard InChI is InChI=1S/C18H18F2N6O4/c1-9(17(21)28)23-10-4-12-15(22-5-10)18-24-13(6-25(18)2-3-29-12)26-11(16(19)20)8-30-14(26)7-27/h4-6,9,11,16,23H,2-3,8H2,1H3,(H2,21,28)/t9-,11-/m0/s1. The van der Waals surface area contributed by atoms with Crippen LogP contribution in [0.15, 0.2) is 24.3 Å². The van der Waals surface area contributed by atoms with Crippen LogP contribution in [0, 0.1) is 0 Å². The van der Waals surface area contributed by atoms with E-state index in [9.17, 15) is 18.4 Å². The van der Waals surface area contributed by atoms with Gasteiger partial charge in [0.1, 0.15) is 31.0 Å². The summed E-state index contributed by atoms with van der Waals surface area (Å²) in [5.41, 5.74) is 6.18. The lowest BCUT2D eigenvalue weighted by atomic mass is 10.2. The molecule has 10 nitrogen and oxygen atoms in total. The molecule has 0 unspecified atom stereocenters. The van der Waals surface area contributed by atoms with Gasteiger partial charge in [-0.1, -0.05) is 0 Å². The number of imidazole rings is 1. The summed E-state index contributed by atoms with van der Waals surface area (Å²) in [6.07, 6.45) is 0.286. The van der Waals surface area contributed by atoms with Crippen LogP contribution in [0.1, 0.15) is 6.92 Å². The molecule has 0 bridgehead atoms. The van der Waals surface area contributed by atoms with Gasteiger partial charge in [-0.05, 0) is 6.92 Å². The average molecular weight is 420 g/mol. The van der Waals surface area contributed by atoms with Gasteiger partial charge in [-0.15, -0.1) is 0 Å². The fourth-order valence-electron chi connectivity index (χ4n) is 3.25. The zero-order valence-corrected chi connectivity index (χ0v) is 15.8. The van der Waals surface area contributed by atoms with Crippen LogP contribution in [0.2, 0.25) is 0 Å². The number of anilines is 2. The molecule has 1 saturated heterocycles. The van der Waals surface area contributed by atoms with E-state index in [1.807, 2.05) is 0 Å². The molecule has 1 fully saturated rings. The predicted molar refractivity (Wildman–Crippen MR) is 101 cm³/mol. The first kappa shape index (κ1) is 19.6. The number of hydrogen-bond donors (Lipinski definition) is 2. The Hall–Kier alpha value is -3.66. The highest BCUT2D eigenvalue weighted by Gasteiger charge is 2.40. The van der Waals surface area contributed by atoms with Crippen molar-refractivity contribution in [2.75, 3.05) is 23.4 Å². The monoisotopic (exact) mass is 420 g/mol. The number of amides is 1. The van der Waals surface area contributed by atoms with E-state index in [2.05, 4.69) is 15.3 Å². The molecule has 2 aromatic heterocycles. The van der Waals surface area contributed by atoms with Crippen molar-refractivity contribution >= 4 is 23.4 Å². The number of nitrogens with two attached hydrogens (primary N) is 1. The van der Waals surface area contributed by atoms with Gasteiger partial charge in [-0.2, -0.15) is 0 Å². The van der Waals surface area contributed by atoms with Gasteiger partial charge in [-0.25, -0.2) is 23.5 Å². The minimum Gasteiger partial charge on any atom is -0.489 e. The molecule has 0 aliphatic carbocycles. The van der Waals surface area contributed by atoms with Gasteiger partial charge in [-0.3, -0.25) is 9.69 Å². The number of pyridine rings is 1. The second-order valence-electron chi connectivity index (χ2n) is 6.79. The Morgan fingerprint density at radius 2 is 2.23 bits per heavy atom. The van der Waals surface area contributed by atoms with Crippen molar-refractivity contribution in [2.24, 2.45) is 5.73 Å². The summed E-state index contributed by atoms with van der Waals surface area (Å²) in [5, 5.41) is 2.92. The number of nitrogens with zero attached hydrogens (tertiary/aromatic N) is 4. The average Bonchev–Trinajstić information content (AvgIpc) is 3.28. The van der Waals surface area contributed by atoms with E-state index >= 15 is 0 Å². The minimum atomic E-state index is -2.74. The molecule has 0 radical (unpaired) electrons. The lowest BCUT2D eigenvalue weighted by Crippen LogP contribution is -2.36. The number of ether oxygens (including phenoxy) is 2. The van der Waals surface area contributed by atoms with Crippen LogP contribution < -0.4 is 20.7 Å². The van der Waals surface area contributed by atoms with E-state index < -0.39 is 24.4 Å². The smallest absolute Gasteiger partial charge is 0.284 e. The summed E-state index contributed by atoms with van der Waals surface area (Å²) in [5.74, 6) is 1.61. The Morgan fingerprint density at radius 1 is 1.43 bits per heavy atom. The van der Waals surface area contributed by atoms with Crippen LogP contribution in [0.4, 0.5) is 20.3 Å². The second-order valence-corrected chi connectivity index (χ2v) is 6.79. The third kappa shape index (κ3) is 3.41. The molecule has 2 aromatic rings. The van der Waals surface area contributed by atoms with Gasteiger partial charge < -0.3 is 25.1 Å². The van der Waals surface area contributed by atoms with Gasteiger partial charge in [0.2, 0.25) is 5.91 Å². The Balaban J connectivity index is 1.71. The van der Waals surface area contributed by atoms with Crippen LogP contribution in [0.3, 0.4) is 0 Å². The van der Waals surface area contributed by atoms with Gasteiger partial charge in [0.15, 0.2) is 23.3 Å². The summed E-state index contributed by atoms with van der Waals surface area (Å²) in [7, 11) is 0. The van der Waals surface area contributed by atoms with Crippen LogP contribution in [0.25, 0.3) is 11.5 Å². The molecule has 2 aliphatic rings. The maximum absolute atomic E-state index is 13.4. The fourth-order valence-corrected chi connectivity index (χ4v) is 3.25. The summed E-state index contributed by atoms with van der Waals surface area (Å²) < 4.78 is 39.3. The van der Waals surface area contributed by atoms with Crippen LogP contribution in [0.5, 0.6) is 5.75 Å². The van der Waals surface area contributed by atoms with Crippen molar-refractivity contribution < 1.29 is 27.8 Å². The largest absolute Gasteiger partial charge is 0.489 e. The normalized spacial score (nSPS) is 18.6. The topological polar surface area (TPSA) is 125 Å². The second kappa shape index (κ2) is 7.64. The first-order chi connectivity index (χ1) is 14.4. The van der Waals surface area contributed by atoms with Crippen molar-refractivity contribution in [3.63, 3.8) is 0 Å². The van der Waals surface area contributed by atoms with Gasteiger partial charge in [0.05, 0.1) is 18.4 Å². The molecule has 1 amide bonds. The number of carbonyl (C=O) groups excluding carboxylic acids is 2. The molecule has 4 heterocycles. The molecule has 0 aromatic carbocycles. The number of halogens is 2. The number of hydrogen-bond acceptors (Lipinski definition) is 8. The molecule has 30 heavy (non-hydrogen) atoms. The number of nitrogens with one attached hydrogen (secondary N) is 1. The number of carbonyl (C=O) groups is 1. The van der Waals surface area contributed by atoms with E-state index in [1.165, 1.54) is 12.4 Å². The quantitative estimate of drug-likeness (QED) is 0.680. The van der Waals surface area contributed by atoms with Crippen molar-refractivity contribution in [3.05, 3.63) is 24.3 Å². The maximum Gasteiger partial charge on any atom is 0.284 e. The lowest BCUT2D eigenvalue weighted by Gasteiger charge is -2.19. The fraction of sp³-hybridized carbons (Fsp3) is 0.389. The number of fused-ring (bicyclic) bond motifs is 3. The minimum absolute atomic E-state index is 0.130. The molecular formula is C18H18F2N6O4. The number of primary amides is 1. The Morgan fingerprint density at radius 3 is 2.93 bits per heavy atom. The van der Waals surface area contributed by atoms with Gasteiger partial charge in [0, 0.05) is 12.3 Å². The van der Waals surface area contributed by atoms with Crippen molar-refractivity contribution in [1.29, 1.82) is 0 Å². The molecule has 4 rings (SSSR count). The van der Waals surface area contributed by atoms with E-state index in [1.54, 1.807) is 23.5 Å². The third-order valence-corrected chi connectivity index (χ3v) is 4.79. The summed E-state index contributed by atoms with van der Waals surface area (Å²) in [4.78, 5) is 32.2. The zero-order valence-electron chi connectivity index (χ0n) is 15.8. The number of aromatic nitrogens is 3. The predicted octanol–water partition coefficient (Wildman–Crippen LogP) is 0.766. The highest BCUT2D eigenvalue weighted by Crippen LogP contribution is 2.36. The SMILES string of the molecule is C[C@H](Nc1cnc2c(c1)OCCn1cc(N3C(=C=O)OC[C@H]3C(F)F)nc1-2)C(N)=O. The molecule has 0 saturated carbocycles. The summed E-state index contributed by atoms with van der Waals surface area (Å²) in [6.45, 7) is 1.93. The summed E-state index contributed by atoms with van der Waals surface area (Å²) in [6, 6.07) is -0.297. The van der Waals surface area contributed by atoms with Gasteiger partial charge >= 0.3 is 0 Å². The highest BCUT2D eigenvalue weighted by molar-refractivity contribution is 5.82. The molecule has 0 spiro atoms. The maximum atomic E-state index is 13.4. The molecule has 158 valence electrons. The third-order valence-electron chi connectivity index (χ3n) is 4.79. The van der Waals surface area contributed by atoms with Crippen LogP contribution >= 0.6 is 0 Å². The first-order valence-corrected chi connectivity index (χ1v) is 9.10. The first-order valence-electron chi connectivity index (χ1n) is 9.10. The molecule has 12 heteroatoms. The van der Waals surface area contributed by atoms with E-state index in [4.69, 9.17) is 15.2 Å². The Kier molecular flexibility index (Phi) is 5.00.